The number of halogens is 1. The highest BCUT2D eigenvalue weighted by molar-refractivity contribution is 9.10. The van der Waals surface area contributed by atoms with Crippen molar-refractivity contribution in [2.75, 3.05) is 0 Å². The van der Waals surface area contributed by atoms with Crippen LogP contribution in [0.4, 0.5) is 0 Å². The van der Waals surface area contributed by atoms with Crippen molar-refractivity contribution in [3.05, 3.63) is 56.9 Å². The molecule has 2 rings (SSSR count). The predicted molar refractivity (Wildman–Crippen MR) is 68.4 cm³/mol. The van der Waals surface area contributed by atoms with Gasteiger partial charge in [0.05, 0.1) is 5.69 Å². The normalized spacial score (nSPS) is 10.3. The van der Waals surface area contributed by atoms with E-state index in [-0.39, 0.29) is 11.4 Å². The highest BCUT2D eigenvalue weighted by Crippen LogP contribution is 2.21. The molecule has 0 aliphatic heterocycles. The molecule has 0 fully saturated rings. The fourth-order valence-corrected chi connectivity index (χ4v) is 2.06. The average molecular weight is 310 g/mol. The van der Waals surface area contributed by atoms with Gasteiger partial charge < -0.3 is 10.2 Å². The Kier molecular flexibility index (Phi) is 3.20. The first-order chi connectivity index (χ1) is 8.50. The first-order valence-electron chi connectivity index (χ1n) is 4.95. The summed E-state index contributed by atoms with van der Waals surface area (Å²) >= 11 is 3.25. The van der Waals surface area contributed by atoms with Crippen molar-refractivity contribution >= 4 is 21.9 Å². The smallest absolute Gasteiger partial charge is 0.353 e. The number of hydrogen-bond acceptors (Lipinski definition) is 3. The number of carbonyl (C=O) groups is 1. The lowest BCUT2D eigenvalue weighted by molar-refractivity contribution is 0.0686. The van der Waals surface area contributed by atoms with Crippen LogP contribution in [-0.2, 0) is 0 Å². The van der Waals surface area contributed by atoms with Crippen molar-refractivity contribution in [2.24, 2.45) is 0 Å². The second kappa shape index (κ2) is 4.66. The molecule has 2 N–H and O–H groups in total. The van der Waals surface area contributed by atoms with Crippen LogP contribution in [0.3, 0.4) is 0 Å². The van der Waals surface area contributed by atoms with Gasteiger partial charge in [-0.25, -0.2) is 4.79 Å². The molecule has 1 aromatic heterocycles. The highest BCUT2D eigenvalue weighted by Gasteiger charge is 2.15. The van der Waals surface area contributed by atoms with Crippen LogP contribution in [0.15, 0.2) is 45.7 Å². The summed E-state index contributed by atoms with van der Waals surface area (Å²) in [5, 5.41) is 18.4. The topological polar surface area (TPSA) is 79.5 Å². The number of pyridine rings is 1. The van der Waals surface area contributed by atoms with Gasteiger partial charge in [0.15, 0.2) is 0 Å². The van der Waals surface area contributed by atoms with Crippen LogP contribution in [0.1, 0.15) is 10.5 Å². The summed E-state index contributed by atoms with van der Waals surface area (Å²) in [6.45, 7) is 0. The molecule has 0 atom stereocenters. The molecular formula is C12H8BrNO4. The molecule has 0 saturated heterocycles. The second-order valence-electron chi connectivity index (χ2n) is 3.53. The minimum absolute atomic E-state index is 0.299. The Labute approximate surface area is 110 Å². The van der Waals surface area contributed by atoms with Crippen molar-refractivity contribution in [3.63, 3.8) is 0 Å². The Bertz CT molecular complexity index is 678. The van der Waals surface area contributed by atoms with Gasteiger partial charge in [-0.05, 0) is 28.1 Å². The van der Waals surface area contributed by atoms with E-state index < -0.39 is 11.5 Å². The number of rotatable bonds is 2. The SMILES string of the molecule is O=C(O)c1cc(O)cc(=O)n1-c1ccccc1Br. The lowest BCUT2D eigenvalue weighted by Crippen LogP contribution is -2.23. The number of aromatic nitrogens is 1. The van der Waals surface area contributed by atoms with Gasteiger partial charge in [0, 0.05) is 16.6 Å². The van der Waals surface area contributed by atoms with E-state index in [2.05, 4.69) is 15.9 Å². The molecule has 6 heteroatoms. The van der Waals surface area contributed by atoms with Crippen molar-refractivity contribution in [1.82, 2.24) is 4.57 Å². The molecule has 0 bridgehead atoms. The third-order valence-corrected chi connectivity index (χ3v) is 3.00. The van der Waals surface area contributed by atoms with Gasteiger partial charge in [0.25, 0.3) is 5.56 Å². The van der Waals surface area contributed by atoms with Crippen LogP contribution in [-0.4, -0.2) is 20.7 Å². The number of nitrogens with zero attached hydrogens (tertiary/aromatic N) is 1. The fraction of sp³-hybridized carbons (Fsp3) is 0. The van der Waals surface area contributed by atoms with Gasteiger partial charge in [0.2, 0.25) is 0 Å². The molecule has 5 nitrogen and oxygen atoms in total. The van der Waals surface area contributed by atoms with Gasteiger partial charge in [-0.2, -0.15) is 0 Å². The van der Waals surface area contributed by atoms with E-state index in [1.807, 2.05) is 0 Å². The molecule has 1 aromatic carbocycles. The minimum atomic E-state index is -1.29. The summed E-state index contributed by atoms with van der Waals surface area (Å²) in [6, 6.07) is 8.73. The van der Waals surface area contributed by atoms with Crippen molar-refractivity contribution < 1.29 is 15.0 Å². The molecule has 1 heterocycles. The minimum Gasteiger partial charge on any atom is -0.508 e. The zero-order valence-corrected chi connectivity index (χ0v) is 10.6. The van der Waals surface area contributed by atoms with Gasteiger partial charge in [-0.3, -0.25) is 9.36 Å². The van der Waals surface area contributed by atoms with Crippen molar-refractivity contribution in [1.29, 1.82) is 0 Å². The summed E-state index contributed by atoms with van der Waals surface area (Å²) < 4.78 is 1.60. The number of carboxylic acids is 1. The Balaban J connectivity index is 2.83. The van der Waals surface area contributed by atoms with Gasteiger partial charge in [0.1, 0.15) is 11.4 Å². The Morgan fingerprint density at radius 1 is 1.22 bits per heavy atom. The molecule has 0 unspecified atom stereocenters. The number of benzene rings is 1. The van der Waals surface area contributed by atoms with Gasteiger partial charge in [-0.1, -0.05) is 12.1 Å². The summed E-state index contributed by atoms with van der Waals surface area (Å²) in [5.74, 6) is -1.67. The quantitative estimate of drug-likeness (QED) is 0.889. The molecular weight excluding hydrogens is 302 g/mol. The van der Waals surface area contributed by atoms with Gasteiger partial charge in [-0.15, -0.1) is 0 Å². The van der Waals surface area contributed by atoms with E-state index in [1.54, 1.807) is 24.3 Å². The molecule has 0 radical (unpaired) electrons. The maximum Gasteiger partial charge on any atom is 0.353 e. The number of hydrogen-bond donors (Lipinski definition) is 2. The molecule has 92 valence electrons. The van der Waals surface area contributed by atoms with Crippen LogP contribution < -0.4 is 5.56 Å². The standard InChI is InChI=1S/C12H8BrNO4/c13-8-3-1-2-4-9(8)14-10(12(17)18)5-7(15)6-11(14)16/h1-6,15H,(H,17,18). The lowest BCUT2D eigenvalue weighted by Gasteiger charge is -2.11. The fourth-order valence-electron chi connectivity index (χ4n) is 1.60. The Morgan fingerprint density at radius 3 is 2.50 bits per heavy atom. The summed E-state index contributed by atoms with van der Waals surface area (Å²) in [6.07, 6.45) is 0. The first kappa shape index (κ1) is 12.4. The van der Waals surface area contributed by atoms with E-state index in [0.717, 1.165) is 16.7 Å². The van der Waals surface area contributed by atoms with Crippen LogP contribution >= 0.6 is 15.9 Å². The third-order valence-electron chi connectivity index (χ3n) is 2.33. The monoisotopic (exact) mass is 309 g/mol. The average Bonchev–Trinajstić information content (AvgIpc) is 2.29. The van der Waals surface area contributed by atoms with Gasteiger partial charge >= 0.3 is 5.97 Å². The zero-order chi connectivity index (χ0) is 13.3. The van der Waals surface area contributed by atoms with E-state index in [9.17, 15) is 14.7 Å². The molecule has 0 spiro atoms. The van der Waals surface area contributed by atoms with Crippen molar-refractivity contribution in [3.8, 4) is 11.4 Å². The van der Waals surface area contributed by atoms with Crippen molar-refractivity contribution in [2.45, 2.75) is 0 Å². The van der Waals surface area contributed by atoms with Crippen LogP contribution in [0, 0.1) is 0 Å². The molecule has 0 saturated carbocycles. The van der Waals surface area contributed by atoms with E-state index >= 15 is 0 Å². The molecule has 0 aliphatic rings. The molecule has 18 heavy (non-hydrogen) atoms. The van der Waals surface area contributed by atoms with Crippen LogP contribution in [0.25, 0.3) is 5.69 Å². The Morgan fingerprint density at radius 2 is 1.89 bits per heavy atom. The number of aromatic hydroxyl groups is 1. The predicted octanol–water partition coefficient (Wildman–Crippen LogP) is 2.00. The maximum atomic E-state index is 11.8. The largest absolute Gasteiger partial charge is 0.508 e. The van der Waals surface area contributed by atoms with E-state index in [0.29, 0.717) is 10.2 Å². The lowest BCUT2D eigenvalue weighted by atomic mass is 10.2. The second-order valence-corrected chi connectivity index (χ2v) is 4.38. The summed E-state index contributed by atoms with van der Waals surface area (Å²) in [4.78, 5) is 23.0. The number of carboxylic acid groups (broad SMARTS) is 1. The molecule has 0 amide bonds. The van der Waals surface area contributed by atoms with E-state index in [4.69, 9.17) is 5.11 Å². The van der Waals surface area contributed by atoms with Crippen LogP contribution in [0.2, 0.25) is 0 Å². The van der Waals surface area contributed by atoms with Crippen LogP contribution in [0.5, 0.6) is 5.75 Å². The summed E-state index contributed by atoms with van der Waals surface area (Å²) in [7, 11) is 0. The van der Waals surface area contributed by atoms with E-state index in [1.165, 1.54) is 0 Å². The Hall–Kier alpha value is -2.08. The maximum absolute atomic E-state index is 11.8. The number of aromatic carboxylic acids is 1. The number of para-hydroxylation sites is 1. The first-order valence-corrected chi connectivity index (χ1v) is 5.74. The molecule has 2 aromatic rings. The third kappa shape index (κ3) is 2.14. The highest BCUT2D eigenvalue weighted by atomic mass is 79.9. The molecule has 0 aliphatic carbocycles. The zero-order valence-electron chi connectivity index (χ0n) is 9.00. The summed E-state index contributed by atoms with van der Waals surface area (Å²) in [5.41, 5.74) is -0.508.